The Kier molecular flexibility index (Phi) is 5.36. The van der Waals surface area contributed by atoms with Crippen LogP contribution in [0.4, 0.5) is 27.5 Å². The Hall–Kier alpha value is -3.47. The number of amides is 2. The molecule has 0 bridgehead atoms. The smallest absolute Gasteiger partial charge is 0.323 e. The lowest BCUT2D eigenvalue weighted by Gasteiger charge is -2.32. The molecule has 0 aliphatic carbocycles. The molecular weight excluding hydrogens is 374 g/mol. The summed E-state index contributed by atoms with van der Waals surface area (Å²) in [4.78, 5) is 14.9. The molecule has 0 unspecified atom stereocenters. The number of rotatable bonds is 3. The second kappa shape index (κ2) is 8.11. The monoisotopic (exact) mass is 401 g/mol. The van der Waals surface area contributed by atoms with E-state index in [0.717, 1.165) is 28.5 Å². The molecule has 2 amide bonds. The third-order valence-corrected chi connectivity index (χ3v) is 5.18. The Balaban J connectivity index is 1.52. The number of nitrogens with one attached hydrogen (secondary N) is 2. The quantitative estimate of drug-likeness (QED) is 0.553. The molecule has 0 saturated carbocycles. The molecule has 0 atom stereocenters. The maximum absolute atomic E-state index is 12.7. The van der Waals surface area contributed by atoms with Crippen LogP contribution in [0.1, 0.15) is 26.3 Å². The van der Waals surface area contributed by atoms with E-state index in [1.54, 1.807) is 0 Å². The van der Waals surface area contributed by atoms with Gasteiger partial charge in [-0.05, 0) is 47.4 Å². The van der Waals surface area contributed by atoms with Crippen molar-refractivity contribution in [2.45, 2.75) is 26.2 Å². The molecule has 5 heteroatoms. The fraction of sp³-hybridized carbons (Fsp3) is 0.240. The molecule has 30 heavy (non-hydrogen) atoms. The molecular formula is C25H27N3O2. The maximum atomic E-state index is 12.7. The first-order chi connectivity index (χ1) is 14.4. The van der Waals surface area contributed by atoms with Crippen molar-refractivity contribution in [2.75, 3.05) is 28.7 Å². The highest BCUT2D eigenvalue weighted by atomic mass is 16.5. The number of carbonyl (C=O) groups is 1. The molecule has 4 rings (SSSR count). The Morgan fingerprint density at radius 1 is 0.867 bits per heavy atom. The van der Waals surface area contributed by atoms with Crippen LogP contribution >= 0.6 is 0 Å². The van der Waals surface area contributed by atoms with Gasteiger partial charge in [0.1, 0.15) is 12.4 Å². The van der Waals surface area contributed by atoms with Gasteiger partial charge in [0, 0.05) is 5.69 Å². The summed E-state index contributed by atoms with van der Waals surface area (Å²) in [5.41, 5.74) is 4.74. The minimum Gasteiger partial charge on any atom is -0.490 e. The van der Waals surface area contributed by atoms with E-state index in [-0.39, 0.29) is 11.4 Å². The highest BCUT2D eigenvalue weighted by Crippen LogP contribution is 2.39. The lowest BCUT2D eigenvalue weighted by atomic mass is 9.87. The summed E-state index contributed by atoms with van der Waals surface area (Å²) in [5, 5.41) is 5.92. The summed E-state index contributed by atoms with van der Waals surface area (Å²) in [5.74, 6) is 0.849. The first-order valence-corrected chi connectivity index (χ1v) is 10.2. The molecule has 0 saturated heterocycles. The van der Waals surface area contributed by atoms with E-state index in [1.807, 2.05) is 72.8 Å². The molecule has 0 spiro atoms. The van der Waals surface area contributed by atoms with Crippen LogP contribution in [0.15, 0.2) is 72.8 Å². The van der Waals surface area contributed by atoms with Crippen molar-refractivity contribution in [3.8, 4) is 5.75 Å². The van der Waals surface area contributed by atoms with Crippen LogP contribution < -0.4 is 20.3 Å². The predicted octanol–water partition coefficient (Wildman–Crippen LogP) is 6.16. The van der Waals surface area contributed by atoms with Crippen LogP contribution in [0.3, 0.4) is 0 Å². The van der Waals surface area contributed by atoms with Crippen LogP contribution in [-0.4, -0.2) is 19.2 Å². The fourth-order valence-corrected chi connectivity index (χ4v) is 3.57. The number of hydrogen-bond acceptors (Lipinski definition) is 3. The van der Waals surface area contributed by atoms with Crippen molar-refractivity contribution in [1.29, 1.82) is 0 Å². The number of nitrogens with zero attached hydrogens (tertiary/aromatic N) is 1. The van der Waals surface area contributed by atoms with E-state index < -0.39 is 0 Å². The van der Waals surface area contributed by atoms with Crippen molar-refractivity contribution < 1.29 is 9.53 Å². The molecule has 2 N–H and O–H groups in total. The summed E-state index contributed by atoms with van der Waals surface area (Å²) in [6.45, 7) is 7.82. The van der Waals surface area contributed by atoms with Gasteiger partial charge in [0.05, 0.1) is 23.6 Å². The summed E-state index contributed by atoms with van der Waals surface area (Å²) in [6, 6.07) is 23.5. The lowest BCUT2D eigenvalue weighted by Crippen LogP contribution is -2.30. The zero-order chi connectivity index (χ0) is 21.1. The van der Waals surface area contributed by atoms with Gasteiger partial charge in [0.2, 0.25) is 0 Å². The van der Waals surface area contributed by atoms with Gasteiger partial charge in [-0.15, -0.1) is 0 Å². The van der Waals surface area contributed by atoms with E-state index >= 15 is 0 Å². The van der Waals surface area contributed by atoms with Gasteiger partial charge >= 0.3 is 6.03 Å². The first-order valence-electron chi connectivity index (χ1n) is 10.2. The Morgan fingerprint density at radius 3 is 2.27 bits per heavy atom. The molecule has 1 aliphatic rings. The number of anilines is 4. The van der Waals surface area contributed by atoms with Gasteiger partial charge in [-0.3, -0.25) is 0 Å². The highest BCUT2D eigenvalue weighted by molar-refractivity contribution is 6.02. The molecule has 1 aliphatic heterocycles. The van der Waals surface area contributed by atoms with Gasteiger partial charge in [-0.25, -0.2) is 4.79 Å². The molecule has 5 nitrogen and oxygen atoms in total. The average molecular weight is 402 g/mol. The SMILES string of the molecule is CC(C)(C)c1ccc(NC(=O)Nc2ccccc2N2CCOc3ccccc32)cc1. The minimum absolute atomic E-state index is 0.0776. The zero-order valence-corrected chi connectivity index (χ0v) is 17.6. The third kappa shape index (κ3) is 4.25. The minimum atomic E-state index is -0.271. The Bertz CT molecular complexity index is 1040. The third-order valence-electron chi connectivity index (χ3n) is 5.18. The van der Waals surface area contributed by atoms with Crippen LogP contribution in [0.5, 0.6) is 5.75 Å². The van der Waals surface area contributed by atoms with E-state index in [1.165, 1.54) is 5.56 Å². The van der Waals surface area contributed by atoms with Crippen molar-refractivity contribution in [3.63, 3.8) is 0 Å². The second-order valence-corrected chi connectivity index (χ2v) is 8.39. The van der Waals surface area contributed by atoms with E-state index in [0.29, 0.717) is 13.2 Å². The summed E-state index contributed by atoms with van der Waals surface area (Å²) in [6.07, 6.45) is 0. The average Bonchev–Trinajstić information content (AvgIpc) is 2.73. The van der Waals surface area contributed by atoms with Crippen molar-refractivity contribution in [2.24, 2.45) is 0 Å². The van der Waals surface area contributed by atoms with Crippen molar-refractivity contribution in [3.05, 3.63) is 78.4 Å². The summed E-state index contributed by atoms with van der Waals surface area (Å²) >= 11 is 0. The molecule has 154 valence electrons. The number of carbonyl (C=O) groups excluding carboxylic acids is 1. The van der Waals surface area contributed by atoms with Crippen LogP contribution in [0.25, 0.3) is 0 Å². The highest BCUT2D eigenvalue weighted by Gasteiger charge is 2.21. The summed E-state index contributed by atoms with van der Waals surface area (Å²) in [7, 11) is 0. The van der Waals surface area contributed by atoms with E-state index in [4.69, 9.17) is 4.74 Å². The van der Waals surface area contributed by atoms with Crippen LogP contribution in [0.2, 0.25) is 0 Å². The fourth-order valence-electron chi connectivity index (χ4n) is 3.57. The van der Waals surface area contributed by atoms with E-state index in [2.05, 4.69) is 36.3 Å². The standard InChI is InChI=1S/C25H27N3O2/c1-25(2,3)18-12-14-19(15-13-18)26-24(29)27-20-8-4-5-9-21(20)28-16-17-30-23-11-7-6-10-22(23)28/h4-15H,16-17H2,1-3H3,(H2,26,27,29). The topological polar surface area (TPSA) is 53.6 Å². The molecule has 1 heterocycles. The Labute approximate surface area is 177 Å². The second-order valence-electron chi connectivity index (χ2n) is 8.39. The van der Waals surface area contributed by atoms with Crippen molar-refractivity contribution in [1.82, 2.24) is 0 Å². The van der Waals surface area contributed by atoms with Crippen LogP contribution in [-0.2, 0) is 5.41 Å². The number of hydrogen-bond donors (Lipinski definition) is 2. The van der Waals surface area contributed by atoms with Crippen LogP contribution in [0, 0.1) is 0 Å². The number of fused-ring (bicyclic) bond motifs is 1. The molecule has 0 fully saturated rings. The van der Waals surface area contributed by atoms with Gasteiger partial charge in [0.25, 0.3) is 0 Å². The normalized spacial score (nSPS) is 13.2. The van der Waals surface area contributed by atoms with E-state index in [9.17, 15) is 4.79 Å². The Morgan fingerprint density at radius 2 is 1.53 bits per heavy atom. The van der Waals surface area contributed by atoms with Crippen molar-refractivity contribution >= 4 is 28.8 Å². The first kappa shape index (κ1) is 19.8. The van der Waals surface area contributed by atoms with Gasteiger partial charge < -0.3 is 20.3 Å². The van der Waals surface area contributed by atoms with Gasteiger partial charge in [-0.1, -0.05) is 57.2 Å². The maximum Gasteiger partial charge on any atom is 0.323 e. The molecule has 0 radical (unpaired) electrons. The molecule has 3 aromatic carbocycles. The molecule has 0 aromatic heterocycles. The number of urea groups is 1. The number of benzene rings is 3. The lowest BCUT2D eigenvalue weighted by molar-refractivity contribution is 0.262. The predicted molar refractivity (Wildman–Crippen MR) is 123 cm³/mol. The zero-order valence-electron chi connectivity index (χ0n) is 17.6. The van der Waals surface area contributed by atoms with Gasteiger partial charge in [-0.2, -0.15) is 0 Å². The van der Waals surface area contributed by atoms with Gasteiger partial charge in [0.15, 0.2) is 0 Å². The largest absolute Gasteiger partial charge is 0.490 e. The molecule has 3 aromatic rings. The summed E-state index contributed by atoms with van der Waals surface area (Å²) < 4.78 is 5.77. The number of para-hydroxylation sites is 4. The number of ether oxygens (including phenoxy) is 1.